The summed E-state index contributed by atoms with van der Waals surface area (Å²) >= 11 is 0. The zero-order valence-corrected chi connectivity index (χ0v) is 11.8. The fraction of sp³-hybridized carbons (Fsp3) is 0.333. The Kier molecular flexibility index (Phi) is 5.03. The highest BCUT2D eigenvalue weighted by molar-refractivity contribution is 5.32. The van der Waals surface area contributed by atoms with Crippen LogP contribution in [0.5, 0.6) is 5.75 Å². The molecule has 106 valence electrons. The van der Waals surface area contributed by atoms with Gasteiger partial charge in [0, 0.05) is 12.4 Å². The molecule has 0 aliphatic carbocycles. The van der Waals surface area contributed by atoms with E-state index in [-0.39, 0.29) is 6.04 Å². The van der Waals surface area contributed by atoms with E-state index in [1.807, 2.05) is 25.1 Å². The molecule has 5 heteroatoms. The number of nitrogens with two attached hydrogens (primary N) is 1. The number of nitrogens with one attached hydrogen (secondary N) is 1. The summed E-state index contributed by atoms with van der Waals surface area (Å²) in [6.45, 7) is 4.77. The SMILES string of the molecule is CCCOc1cncc(C(NN)c2cc(C)ccn2)c1. The first-order valence-corrected chi connectivity index (χ1v) is 6.71. The third kappa shape index (κ3) is 3.53. The van der Waals surface area contributed by atoms with E-state index in [1.54, 1.807) is 18.6 Å². The number of aromatic nitrogens is 2. The lowest BCUT2D eigenvalue weighted by Crippen LogP contribution is -2.29. The van der Waals surface area contributed by atoms with Crippen LogP contribution in [-0.2, 0) is 0 Å². The van der Waals surface area contributed by atoms with Crippen molar-refractivity contribution in [2.75, 3.05) is 6.61 Å². The van der Waals surface area contributed by atoms with Crippen LogP contribution in [-0.4, -0.2) is 16.6 Å². The molecule has 0 aromatic carbocycles. The molecule has 1 unspecified atom stereocenters. The van der Waals surface area contributed by atoms with Crippen molar-refractivity contribution in [3.8, 4) is 5.75 Å². The normalized spacial score (nSPS) is 12.2. The molecule has 0 fully saturated rings. The Balaban J connectivity index is 2.27. The molecule has 0 aliphatic heterocycles. The predicted octanol–water partition coefficient (Wildman–Crippen LogP) is 2.13. The summed E-state index contributed by atoms with van der Waals surface area (Å²) < 4.78 is 5.60. The Morgan fingerprint density at radius 1 is 1.35 bits per heavy atom. The van der Waals surface area contributed by atoms with Crippen LogP contribution >= 0.6 is 0 Å². The second-order valence-corrected chi connectivity index (χ2v) is 4.66. The van der Waals surface area contributed by atoms with Crippen molar-refractivity contribution in [1.82, 2.24) is 15.4 Å². The minimum Gasteiger partial charge on any atom is -0.492 e. The summed E-state index contributed by atoms with van der Waals surface area (Å²) in [6.07, 6.45) is 6.21. The van der Waals surface area contributed by atoms with Crippen LogP contribution in [0, 0.1) is 6.92 Å². The number of rotatable bonds is 6. The van der Waals surface area contributed by atoms with Crippen molar-refractivity contribution in [2.24, 2.45) is 5.84 Å². The summed E-state index contributed by atoms with van der Waals surface area (Å²) in [5.74, 6) is 6.43. The van der Waals surface area contributed by atoms with Gasteiger partial charge in [-0.05, 0) is 42.7 Å². The van der Waals surface area contributed by atoms with Crippen molar-refractivity contribution in [2.45, 2.75) is 26.3 Å². The first kappa shape index (κ1) is 14.4. The summed E-state index contributed by atoms with van der Waals surface area (Å²) in [5, 5.41) is 0. The highest BCUT2D eigenvalue weighted by atomic mass is 16.5. The van der Waals surface area contributed by atoms with Gasteiger partial charge in [0.25, 0.3) is 0 Å². The third-order valence-electron chi connectivity index (χ3n) is 2.94. The fourth-order valence-corrected chi connectivity index (χ4v) is 1.96. The highest BCUT2D eigenvalue weighted by Crippen LogP contribution is 2.22. The molecule has 0 amide bonds. The second-order valence-electron chi connectivity index (χ2n) is 4.66. The Labute approximate surface area is 119 Å². The highest BCUT2D eigenvalue weighted by Gasteiger charge is 2.15. The van der Waals surface area contributed by atoms with Crippen LogP contribution in [0.2, 0.25) is 0 Å². The average Bonchev–Trinajstić information content (AvgIpc) is 2.46. The third-order valence-corrected chi connectivity index (χ3v) is 2.94. The maximum atomic E-state index is 5.68. The zero-order chi connectivity index (χ0) is 14.4. The molecule has 0 radical (unpaired) electrons. The quantitative estimate of drug-likeness (QED) is 0.622. The molecule has 2 aromatic rings. The number of nitrogens with zero attached hydrogens (tertiary/aromatic N) is 2. The van der Waals surface area contributed by atoms with Crippen molar-refractivity contribution in [3.05, 3.63) is 53.6 Å². The molecule has 20 heavy (non-hydrogen) atoms. The summed E-state index contributed by atoms with van der Waals surface area (Å²) in [7, 11) is 0. The molecule has 0 spiro atoms. The van der Waals surface area contributed by atoms with Crippen LogP contribution in [0.25, 0.3) is 0 Å². The maximum absolute atomic E-state index is 5.68. The molecule has 5 nitrogen and oxygen atoms in total. The molecule has 2 rings (SSSR count). The van der Waals surface area contributed by atoms with Crippen LogP contribution < -0.4 is 16.0 Å². The van der Waals surface area contributed by atoms with Gasteiger partial charge in [-0.3, -0.25) is 15.8 Å². The van der Waals surface area contributed by atoms with Gasteiger partial charge in [0.15, 0.2) is 0 Å². The van der Waals surface area contributed by atoms with Gasteiger partial charge in [-0.25, -0.2) is 5.43 Å². The number of aryl methyl sites for hydroxylation is 1. The van der Waals surface area contributed by atoms with E-state index < -0.39 is 0 Å². The van der Waals surface area contributed by atoms with Gasteiger partial charge in [-0.2, -0.15) is 0 Å². The van der Waals surface area contributed by atoms with Gasteiger partial charge in [-0.1, -0.05) is 6.92 Å². The summed E-state index contributed by atoms with van der Waals surface area (Å²) in [6, 6.07) is 5.70. The molecule has 1 atom stereocenters. The second kappa shape index (κ2) is 6.98. The van der Waals surface area contributed by atoms with Gasteiger partial charge in [0.1, 0.15) is 5.75 Å². The smallest absolute Gasteiger partial charge is 0.137 e. The number of hydrogen-bond acceptors (Lipinski definition) is 5. The van der Waals surface area contributed by atoms with E-state index in [1.165, 1.54) is 0 Å². The van der Waals surface area contributed by atoms with Crippen molar-refractivity contribution >= 4 is 0 Å². The number of hydrazine groups is 1. The lowest BCUT2D eigenvalue weighted by molar-refractivity contribution is 0.315. The average molecular weight is 272 g/mol. The fourth-order valence-electron chi connectivity index (χ4n) is 1.96. The van der Waals surface area contributed by atoms with Gasteiger partial charge < -0.3 is 4.74 Å². The lowest BCUT2D eigenvalue weighted by Gasteiger charge is -2.16. The molecule has 0 aliphatic rings. The Bertz CT molecular complexity index is 559. The summed E-state index contributed by atoms with van der Waals surface area (Å²) in [4.78, 5) is 8.57. The molecule has 0 saturated heterocycles. The first-order chi connectivity index (χ1) is 9.74. The Morgan fingerprint density at radius 3 is 2.90 bits per heavy atom. The van der Waals surface area contributed by atoms with E-state index in [4.69, 9.17) is 10.6 Å². The zero-order valence-electron chi connectivity index (χ0n) is 11.8. The van der Waals surface area contributed by atoms with Crippen molar-refractivity contribution < 1.29 is 4.74 Å². The number of ether oxygens (including phenoxy) is 1. The Morgan fingerprint density at radius 2 is 2.20 bits per heavy atom. The van der Waals surface area contributed by atoms with Crippen LogP contribution in [0.15, 0.2) is 36.8 Å². The molecule has 2 aromatic heterocycles. The van der Waals surface area contributed by atoms with E-state index in [2.05, 4.69) is 22.3 Å². The van der Waals surface area contributed by atoms with Crippen LogP contribution in [0.4, 0.5) is 0 Å². The van der Waals surface area contributed by atoms with Crippen molar-refractivity contribution in [1.29, 1.82) is 0 Å². The van der Waals surface area contributed by atoms with Crippen LogP contribution in [0.1, 0.15) is 36.2 Å². The molecule has 3 N–H and O–H groups in total. The lowest BCUT2D eigenvalue weighted by atomic mass is 10.0. The Hall–Kier alpha value is -1.98. The monoisotopic (exact) mass is 272 g/mol. The minimum absolute atomic E-state index is 0.201. The topological polar surface area (TPSA) is 73.1 Å². The van der Waals surface area contributed by atoms with Gasteiger partial charge >= 0.3 is 0 Å². The summed E-state index contributed by atoms with van der Waals surface area (Å²) in [5.41, 5.74) is 5.72. The van der Waals surface area contributed by atoms with Gasteiger partial charge in [0.2, 0.25) is 0 Å². The van der Waals surface area contributed by atoms with E-state index in [0.717, 1.165) is 29.0 Å². The van der Waals surface area contributed by atoms with E-state index in [0.29, 0.717) is 6.61 Å². The van der Waals surface area contributed by atoms with E-state index >= 15 is 0 Å². The molecular formula is C15H20N4O. The molecule has 0 saturated carbocycles. The van der Waals surface area contributed by atoms with Crippen LogP contribution in [0.3, 0.4) is 0 Å². The molecule has 2 heterocycles. The van der Waals surface area contributed by atoms with E-state index in [9.17, 15) is 0 Å². The van der Waals surface area contributed by atoms with Gasteiger partial charge in [0.05, 0.1) is 24.5 Å². The number of hydrogen-bond donors (Lipinski definition) is 2. The largest absolute Gasteiger partial charge is 0.492 e. The standard InChI is InChI=1S/C15H20N4O/c1-3-6-20-13-8-12(9-17-10-13)15(19-16)14-7-11(2)4-5-18-14/h4-5,7-10,15,19H,3,6,16H2,1-2H3. The predicted molar refractivity (Wildman–Crippen MR) is 78.2 cm³/mol. The number of pyridine rings is 2. The molecule has 0 bridgehead atoms. The molecular weight excluding hydrogens is 252 g/mol. The maximum Gasteiger partial charge on any atom is 0.137 e. The first-order valence-electron chi connectivity index (χ1n) is 6.71. The van der Waals surface area contributed by atoms with Gasteiger partial charge in [-0.15, -0.1) is 0 Å². The minimum atomic E-state index is -0.201. The van der Waals surface area contributed by atoms with Crippen molar-refractivity contribution in [3.63, 3.8) is 0 Å².